The minimum Gasteiger partial charge on any atom is -0.375 e. The number of nitrogens with one attached hydrogen (secondary N) is 1. The van der Waals surface area contributed by atoms with Gasteiger partial charge in [0.25, 0.3) is 5.56 Å². The molecule has 158 valence electrons. The second-order valence-corrected chi connectivity index (χ2v) is 9.10. The Morgan fingerprint density at radius 2 is 1.93 bits per heavy atom. The predicted molar refractivity (Wildman–Crippen MR) is 123 cm³/mol. The maximum atomic E-state index is 13.4. The van der Waals surface area contributed by atoms with E-state index in [-0.39, 0.29) is 11.2 Å². The second-order valence-electron chi connectivity index (χ2n) is 9.10. The SMILES string of the molecule is Cc1ccc2cc(CNC3CCOC(C)(C)C3)c(=O)n(CCc3ccccc3)c2c1. The third-order valence-electron chi connectivity index (χ3n) is 6.07. The largest absolute Gasteiger partial charge is 0.375 e. The normalized spacial score (nSPS) is 18.6. The highest BCUT2D eigenvalue weighted by Gasteiger charge is 2.28. The summed E-state index contributed by atoms with van der Waals surface area (Å²) in [6, 6.07) is 19.2. The summed E-state index contributed by atoms with van der Waals surface area (Å²) in [5.41, 5.74) is 4.29. The fraction of sp³-hybridized carbons (Fsp3) is 0.423. The smallest absolute Gasteiger partial charge is 0.255 e. The maximum Gasteiger partial charge on any atom is 0.255 e. The highest BCUT2D eigenvalue weighted by atomic mass is 16.5. The van der Waals surface area contributed by atoms with E-state index >= 15 is 0 Å². The van der Waals surface area contributed by atoms with E-state index in [9.17, 15) is 4.79 Å². The van der Waals surface area contributed by atoms with Gasteiger partial charge in [-0.05, 0) is 68.7 Å². The van der Waals surface area contributed by atoms with Gasteiger partial charge in [-0.2, -0.15) is 0 Å². The molecule has 4 heteroatoms. The molecule has 1 aromatic heterocycles. The molecule has 0 saturated carbocycles. The second kappa shape index (κ2) is 8.75. The third-order valence-corrected chi connectivity index (χ3v) is 6.07. The number of ether oxygens (including phenoxy) is 1. The summed E-state index contributed by atoms with van der Waals surface area (Å²) in [5.74, 6) is 0. The van der Waals surface area contributed by atoms with Gasteiger partial charge in [0.15, 0.2) is 0 Å². The van der Waals surface area contributed by atoms with Crippen molar-refractivity contribution >= 4 is 10.9 Å². The molecule has 4 rings (SSSR count). The zero-order valence-electron chi connectivity index (χ0n) is 18.3. The zero-order chi connectivity index (χ0) is 21.1. The van der Waals surface area contributed by atoms with Crippen LogP contribution in [0.4, 0.5) is 0 Å². The fourth-order valence-electron chi connectivity index (χ4n) is 4.44. The van der Waals surface area contributed by atoms with Crippen LogP contribution in [0.2, 0.25) is 0 Å². The van der Waals surface area contributed by atoms with Crippen molar-refractivity contribution in [2.24, 2.45) is 0 Å². The predicted octanol–water partition coefficient (Wildman–Crippen LogP) is 4.60. The highest BCUT2D eigenvalue weighted by Crippen LogP contribution is 2.24. The van der Waals surface area contributed by atoms with Crippen molar-refractivity contribution in [3.05, 3.63) is 81.6 Å². The molecule has 4 nitrogen and oxygen atoms in total. The van der Waals surface area contributed by atoms with Gasteiger partial charge in [0.1, 0.15) is 0 Å². The minimum absolute atomic E-state index is 0.104. The van der Waals surface area contributed by atoms with Gasteiger partial charge < -0.3 is 14.6 Å². The molecular weight excluding hydrogens is 372 g/mol. The van der Waals surface area contributed by atoms with Gasteiger partial charge in [0.2, 0.25) is 0 Å². The summed E-state index contributed by atoms with van der Waals surface area (Å²) in [6.07, 6.45) is 2.79. The Morgan fingerprint density at radius 1 is 1.13 bits per heavy atom. The molecule has 1 aliphatic heterocycles. The fourth-order valence-corrected chi connectivity index (χ4v) is 4.44. The van der Waals surface area contributed by atoms with Crippen LogP contribution in [-0.4, -0.2) is 22.8 Å². The summed E-state index contributed by atoms with van der Waals surface area (Å²) in [4.78, 5) is 13.4. The van der Waals surface area contributed by atoms with Crippen LogP contribution in [0.3, 0.4) is 0 Å². The van der Waals surface area contributed by atoms with Crippen LogP contribution in [0.1, 0.15) is 43.4 Å². The van der Waals surface area contributed by atoms with Crippen LogP contribution in [0.25, 0.3) is 10.9 Å². The molecule has 1 saturated heterocycles. The number of nitrogens with zero attached hydrogens (tertiary/aromatic N) is 1. The van der Waals surface area contributed by atoms with Crippen molar-refractivity contribution in [2.75, 3.05) is 6.61 Å². The summed E-state index contributed by atoms with van der Waals surface area (Å²) in [6.45, 7) is 8.39. The first-order valence-electron chi connectivity index (χ1n) is 11.0. The van der Waals surface area contributed by atoms with E-state index in [1.54, 1.807) is 0 Å². The molecule has 0 spiro atoms. The third kappa shape index (κ3) is 4.82. The van der Waals surface area contributed by atoms with Gasteiger partial charge in [0, 0.05) is 31.3 Å². The molecule has 1 N–H and O–H groups in total. The van der Waals surface area contributed by atoms with Crippen molar-refractivity contribution in [1.29, 1.82) is 0 Å². The number of hydrogen-bond donors (Lipinski definition) is 1. The Hall–Kier alpha value is -2.43. The molecule has 1 aliphatic rings. The van der Waals surface area contributed by atoms with Crippen molar-refractivity contribution in [1.82, 2.24) is 9.88 Å². The summed E-state index contributed by atoms with van der Waals surface area (Å²) >= 11 is 0. The lowest BCUT2D eigenvalue weighted by Gasteiger charge is -2.36. The highest BCUT2D eigenvalue weighted by molar-refractivity contribution is 5.80. The van der Waals surface area contributed by atoms with E-state index in [2.05, 4.69) is 74.6 Å². The quantitative estimate of drug-likeness (QED) is 0.653. The number of pyridine rings is 1. The van der Waals surface area contributed by atoms with E-state index in [1.807, 2.05) is 10.6 Å². The Balaban J connectivity index is 1.61. The molecule has 3 aromatic rings. The summed E-state index contributed by atoms with van der Waals surface area (Å²) in [5, 5.41) is 4.74. The number of rotatable bonds is 6. The van der Waals surface area contributed by atoms with Gasteiger partial charge in [-0.15, -0.1) is 0 Å². The molecule has 0 amide bonds. The molecule has 30 heavy (non-hydrogen) atoms. The van der Waals surface area contributed by atoms with Crippen LogP contribution in [0, 0.1) is 6.92 Å². The van der Waals surface area contributed by atoms with Crippen LogP contribution < -0.4 is 10.9 Å². The summed E-state index contributed by atoms with van der Waals surface area (Å²) < 4.78 is 7.79. The van der Waals surface area contributed by atoms with E-state index < -0.39 is 0 Å². The van der Waals surface area contributed by atoms with Crippen molar-refractivity contribution in [3.63, 3.8) is 0 Å². The van der Waals surface area contributed by atoms with Crippen molar-refractivity contribution in [3.8, 4) is 0 Å². The van der Waals surface area contributed by atoms with Crippen LogP contribution >= 0.6 is 0 Å². The lowest BCUT2D eigenvalue weighted by molar-refractivity contribution is -0.0630. The van der Waals surface area contributed by atoms with E-state index in [4.69, 9.17) is 4.74 Å². The first kappa shape index (κ1) is 20.8. The molecule has 1 fully saturated rings. The molecule has 0 bridgehead atoms. The Kier molecular flexibility index (Phi) is 6.07. The Bertz CT molecular complexity index is 1070. The van der Waals surface area contributed by atoms with Gasteiger partial charge in [0.05, 0.1) is 11.1 Å². The van der Waals surface area contributed by atoms with Crippen LogP contribution in [0.15, 0.2) is 59.4 Å². The van der Waals surface area contributed by atoms with Crippen LogP contribution in [-0.2, 0) is 24.2 Å². The number of aromatic nitrogens is 1. The Morgan fingerprint density at radius 3 is 2.70 bits per heavy atom. The first-order valence-corrected chi connectivity index (χ1v) is 11.0. The molecule has 2 heterocycles. The number of aryl methyl sites for hydroxylation is 3. The van der Waals surface area contributed by atoms with Crippen LogP contribution in [0.5, 0.6) is 0 Å². The first-order chi connectivity index (χ1) is 14.4. The Labute approximate surface area is 178 Å². The van der Waals surface area contributed by atoms with Gasteiger partial charge in [-0.25, -0.2) is 0 Å². The van der Waals surface area contributed by atoms with Gasteiger partial charge in [-0.1, -0.05) is 42.5 Å². The lowest BCUT2D eigenvalue weighted by atomic mass is 9.94. The van der Waals surface area contributed by atoms with E-state index in [0.29, 0.717) is 19.1 Å². The molecule has 1 atom stereocenters. The van der Waals surface area contributed by atoms with E-state index in [1.165, 1.54) is 11.1 Å². The molecule has 1 unspecified atom stereocenters. The van der Waals surface area contributed by atoms with E-state index in [0.717, 1.165) is 42.3 Å². The standard InChI is InChI=1S/C26H32N2O2/c1-19-9-10-21-16-22(18-27-23-12-14-30-26(2,3)17-23)25(29)28(24(21)15-19)13-11-20-7-5-4-6-8-20/h4-10,15-16,23,27H,11-14,17-18H2,1-3H3. The molecule has 0 radical (unpaired) electrons. The monoisotopic (exact) mass is 404 g/mol. The molecule has 2 aromatic carbocycles. The van der Waals surface area contributed by atoms with Crippen molar-refractivity contribution < 1.29 is 4.74 Å². The average molecular weight is 405 g/mol. The molecule has 0 aliphatic carbocycles. The number of fused-ring (bicyclic) bond motifs is 1. The summed E-state index contributed by atoms with van der Waals surface area (Å²) in [7, 11) is 0. The topological polar surface area (TPSA) is 43.3 Å². The number of hydrogen-bond acceptors (Lipinski definition) is 3. The van der Waals surface area contributed by atoms with Crippen molar-refractivity contribution in [2.45, 2.75) is 64.8 Å². The zero-order valence-corrected chi connectivity index (χ0v) is 18.3. The average Bonchev–Trinajstić information content (AvgIpc) is 2.72. The minimum atomic E-state index is -0.104. The van der Waals surface area contributed by atoms with Gasteiger partial charge >= 0.3 is 0 Å². The molecular formula is C26H32N2O2. The maximum absolute atomic E-state index is 13.4. The number of benzene rings is 2. The van der Waals surface area contributed by atoms with Gasteiger partial charge in [-0.3, -0.25) is 4.79 Å². The lowest BCUT2D eigenvalue weighted by Crippen LogP contribution is -2.44.